The molecule has 0 saturated carbocycles. The molecule has 0 amide bonds. The highest BCUT2D eigenvalue weighted by molar-refractivity contribution is 5.60. The van der Waals surface area contributed by atoms with Crippen LogP contribution in [0.2, 0.25) is 0 Å². The maximum Gasteiger partial charge on any atom is 0.416 e. The summed E-state index contributed by atoms with van der Waals surface area (Å²) in [5, 5.41) is 0. The Labute approximate surface area is 193 Å². The van der Waals surface area contributed by atoms with Crippen molar-refractivity contribution in [2.45, 2.75) is 25.7 Å². The Morgan fingerprint density at radius 3 is 2.62 bits per heavy atom. The molecule has 0 radical (unpaired) electrons. The van der Waals surface area contributed by atoms with E-state index in [2.05, 4.69) is 24.8 Å². The van der Waals surface area contributed by atoms with E-state index in [0.717, 1.165) is 35.5 Å². The van der Waals surface area contributed by atoms with Crippen LogP contribution in [0.4, 0.5) is 13.2 Å². The molecule has 34 heavy (non-hydrogen) atoms. The van der Waals surface area contributed by atoms with E-state index in [1.807, 2.05) is 12.1 Å². The van der Waals surface area contributed by atoms with E-state index in [0.29, 0.717) is 42.2 Å². The van der Waals surface area contributed by atoms with Crippen LogP contribution in [-0.2, 0) is 25.7 Å². The molecular weight excluding hydrogens is 443 g/mol. The SMILES string of the molecule is O=c1[nH]c(-c2cccnc2)nc2c1CN(Cc1ccc(-c3cccc(C(F)(F)F)c3)nc1)CC2. The number of aromatic amines is 1. The molecule has 4 heterocycles. The number of hydrogen-bond acceptors (Lipinski definition) is 5. The molecule has 1 aromatic carbocycles. The fourth-order valence-electron chi connectivity index (χ4n) is 4.06. The quantitative estimate of drug-likeness (QED) is 0.483. The van der Waals surface area contributed by atoms with Gasteiger partial charge < -0.3 is 4.98 Å². The summed E-state index contributed by atoms with van der Waals surface area (Å²) in [7, 11) is 0. The monoisotopic (exact) mass is 463 g/mol. The number of nitrogens with zero attached hydrogens (tertiary/aromatic N) is 4. The van der Waals surface area contributed by atoms with E-state index in [1.165, 1.54) is 6.07 Å². The van der Waals surface area contributed by atoms with Gasteiger partial charge in [0.2, 0.25) is 0 Å². The van der Waals surface area contributed by atoms with Crippen LogP contribution in [0.1, 0.15) is 22.4 Å². The smallest absolute Gasteiger partial charge is 0.306 e. The van der Waals surface area contributed by atoms with E-state index in [1.54, 1.807) is 36.8 Å². The number of H-pyrrole nitrogens is 1. The first-order chi connectivity index (χ1) is 16.4. The van der Waals surface area contributed by atoms with Crippen molar-refractivity contribution >= 4 is 0 Å². The fraction of sp³-hybridized carbons (Fsp3) is 0.200. The van der Waals surface area contributed by atoms with Crippen LogP contribution in [0, 0.1) is 0 Å². The molecule has 0 fully saturated rings. The molecule has 1 aliphatic heterocycles. The fourth-order valence-corrected chi connectivity index (χ4v) is 4.06. The lowest BCUT2D eigenvalue weighted by molar-refractivity contribution is -0.137. The highest BCUT2D eigenvalue weighted by atomic mass is 19.4. The molecule has 0 spiro atoms. The summed E-state index contributed by atoms with van der Waals surface area (Å²) < 4.78 is 39.0. The Hall–Kier alpha value is -3.85. The minimum absolute atomic E-state index is 0.161. The minimum atomic E-state index is -4.40. The molecule has 0 atom stereocenters. The second-order valence-corrected chi connectivity index (χ2v) is 8.17. The summed E-state index contributed by atoms with van der Waals surface area (Å²) in [4.78, 5) is 30.8. The number of pyridine rings is 2. The van der Waals surface area contributed by atoms with Gasteiger partial charge in [0, 0.05) is 55.8 Å². The molecule has 0 bridgehead atoms. The van der Waals surface area contributed by atoms with Gasteiger partial charge in [0.05, 0.1) is 22.5 Å². The average molecular weight is 463 g/mol. The first kappa shape index (κ1) is 22.0. The zero-order chi connectivity index (χ0) is 23.7. The summed E-state index contributed by atoms with van der Waals surface area (Å²) in [6.45, 7) is 1.75. The van der Waals surface area contributed by atoms with Crippen molar-refractivity contribution < 1.29 is 13.2 Å². The Morgan fingerprint density at radius 1 is 1.03 bits per heavy atom. The van der Waals surface area contributed by atoms with E-state index >= 15 is 0 Å². The number of halogens is 3. The third-order valence-corrected chi connectivity index (χ3v) is 5.80. The predicted molar refractivity (Wildman–Crippen MR) is 121 cm³/mol. The molecule has 5 rings (SSSR count). The van der Waals surface area contributed by atoms with Crippen molar-refractivity contribution in [3.8, 4) is 22.6 Å². The molecule has 1 N–H and O–H groups in total. The van der Waals surface area contributed by atoms with Crippen LogP contribution in [-0.4, -0.2) is 31.4 Å². The van der Waals surface area contributed by atoms with E-state index in [4.69, 9.17) is 0 Å². The number of alkyl halides is 3. The lowest BCUT2D eigenvalue weighted by atomic mass is 10.0. The van der Waals surface area contributed by atoms with Crippen molar-refractivity contribution in [1.82, 2.24) is 24.8 Å². The average Bonchev–Trinajstić information content (AvgIpc) is 2.85. The molecule has 0 aliphatic carbocycles. The summed E-state index contributed by atoms with van der Waals surface area (Å²) in [6, 6.07) is 12.3. The second kappa shape index (κ2) is 8.83. The first-order valence-electron chi connectivity index (χ1n) is 10.7. The highest BCUT2D eigenvalue weighted by Gasteiger charge is 2.30. The lowest BCUT2D eigenvalue weighted by Crippen LogP contribution is -2.35. The van der Waals surface area contributed by atoms with Gasteiger partial charge in [-0.15, -0.1) is 0 Å². The largest absolute Gasteiger partial charge is 0.416 e. The van der Waals surface area contributed by atoms with Crippen molar-refractivity contribution in [1.29, 1.82) is 0 Å². The van der Waals surface area contributed by atoms with Gasteiger partial charge in [0.15, 0.2) is 0 Å². The second-order valence-electron chi connectivity index (χ2n) is 8.17. The van der Waals surface area contributed by atoms with E-state index in [9.17, 15) is 18.0 Å². The normalized spacial score (nSPS) is 14.1. The highest BCUT2D eigenvalue weighted by Crippen LogP contribution is 2.31. The van der Waals surface area contributed by atoms with E-state index in [-0.39, 0.29) is 5.56 Å². The molecule has 9 heteroatoms. The van der Waals surface area contributed by atoms with Crippen LogP contribution >= 0.6 is 0 Å². The van der Waals surface area contributed by atoms with Gasteiger partial charge >= 0.3 is 6.18 Å². The predicted octanol–water partition coefficient (Wildman–Crippen LogP) is 4.47. The first-order valence-corrected chi connectivity index (χ1v) is 10.7. The number of aromatic nitrogens is 4. The number of fused-ring (bicyclic) bond motifs is 1. The Morgan fingerprint density at radius 2 is 1.88 bits per heavy atom. The lowest BCUT2D eigenvalue weighted by Gasteiger charge is -2.27. The number of nitrogens with one attached hydrogen (secondary N) is 1. The van der Waals surface area contributed by atoms with Gasteiger partial charge in [0.25, 0.3) is 5.56 Å². The standard InChI is InChI=1S/C25H20F3N5O/c26-25(27,28)19-5-1-3-17(11-19)21-7-6-16(12-30-21)14-33-10-8-22-20(15-33)24(34)32-23(31-22)18-4-2-9-29-13-18/h1-7,9,11-13H,8,10,14-15H2,(H,31,32,34). The van der Waals surface area contributed by atoms with Crippen LogP contribution in [0.25, 0.3) is 22.6 Å². The van der Waals surface area contributed by atoms with E-state index < -0.39 is 11.7 Å². The molecule has 6 nitrogen and oxygen atoms in total. The van der Waals surface area contributed by atoms with Crippen molar-refractivity contribution in [3.63, 3.8) is 0 Å². The third-order valence-electron chi connectivity index (χ3n) is 5.80. The Balaban J connectivity index is 1.30. The van der Waals surface area contributed by atoms with Gasteiger partial charge in [-0.05, 0) is 35.9 Å². The topological polar surface area (TPSA) is 74.8 Å². The van der Waals surface area contributed by atoms with Crippen LogP contribution in [0.3, 0.4) is 0 Å². The molecule has 172 valence electrons. The molecule has 0 unspecified atom stereocenters. The van der Waals surface area contributed by atoms with Gasteiger partial charge in [-0.25, -0.2) is 4.98 Å². The molecule has 3 aromatic heterocycles. The zero-order valence-corrected chi connectivity index (χ0v) is 18.0. The van der Waals surface area contributed by atoms with Crippen LogP contribution < -0.4 is 5.56 Å². The van der Waals surface area contributed by atoms with Crippen LogP contribution in [0.15, 0.2) is 71.9 Å². The molecular formula is C25H20F3N5O. The molecule has 1 aliphatic rings. The maximum absolute atomic E-state index is 13.0. The Kier molecular flexibility index (Phi) is 5.70. The maximum atomic E-state index is 13.0. The van der Waals surface area contributed by atoms with Gasteiger partial charge in [0.1, 0.15) is 5.82 Å². The molecule has 0 saturated heterocycles. The number of hydrogen-bond donors (Lipinski definition) is 1. The van der Waals surface area contributed by atoms with Crippen LogP contribution in [0.5, 0.6) is 0 Å². The Bertz CT molecular complexity index is 1370. The van der Waals surface area contributed by atoms with Gasteiger partial charge in [-0.3, -0.25) is 19.7 Å². The van der Waals surface area contributed by atoms with Gasteiger partial charge in [-0.1, -0.05) is 18.2 Å². The zero-order valence-electron chi connectivity index (χ0n) is 18.0. The summed E-state index contributed by atoms with van der Waals surface area (Å²) in [5.41, 5.74) is 3.13. The molecule has 4 aromatic rings. The van der Waals surface area contributed by atoms with Crippen molar-refractivity contribution in [2.24, 2.45) is 0 Å². The van der Waals surface area contributed by atoms with Gasteiger partial charge in [-0.2, -0.15) is 13.2 Å². The van der Waals surface area contributed by atoms with Crippen molar-refractivity contribution in [3.05, 3.63) is 99.9 Å². The summed E-state index contributed by atoms with van der Waals surface area (Å²) >= 11 is 0. The summed E-state index contributed by atoms with van der Waals surface area (Å²) in [6.07, 6.45) is 1.24. The number of benzene rings is 1. The summed E-state index contributed by atoms with van der Waals surface area (Å²) in [5.74, 6) is 0.514. The number of rotatable bonds is 4. The third kappa shape index (κ3) is 4.60. The van der Waals surface area contributed by atoms with Crippen molar-refractivity contribution in [2.75, 3.05) is 6.54 Å². The minimum Gasteiger partial charge on any atom is -0.306 e.